The van der Waals surface area contributed by atoms with E-state index in [9.17, 15) is 18.4 Å². The molecule has 30 heavy (non-hydrogen) atoms. The molecule has 0 saturated heterocycles. The predicted molar refractivity (Wildman–Crippen MR) is 111 cm³/mol. The van der Waals surface area contributed by atoms with Crippen LogP contribution >= 0.6 is 15.9 Å². The number of carbonyl (C=O) groups is 2. The van der Waals surface area contributed by atoms with Gasteiger partial charge in [0.2, 0.25) is 5.91 Å². The zero-order chi connectivity index (χ0) is 22.3. The monoisotopic (exact) mass is 486 g/mol. The molecule has 10 heteroatoms. The van der Waals surface area contributed by atoms with E-state index >= 15 is 0 Å². The zero-order valence-electron chi connectivity index (χ0n) is 16.6. The number of anilines is 2. The quantitative estimate of drug-likeness (QED) is 0.318. The summed E-state index contributed by atoms with van der Waals surface area (Å²) in [5.74, 6) is -2.40. The van der Waals surface area contributed by atoms with Crippen LogP contribution in [-0.2, 0) is 20.7 Å². The maximum Gasteiger partial charge on any atom is 0.338 e. The molecule has 2 N–H and O–H groups in total. The molecule has 2 rings (SSSR count). The van der Waals surface area contributed by atoms with Crippen LogP contribution in [0.25, 0.3) is 0 Å². The first kappa shape index (κ1) is 23.6. The molecule has 0 aromatic heterocycles. The van der Waals surface area contributed by atoms with Crippen molar-refractivity contribution >= 4 is 39.2 Å². The van der Waals surface area contributed by atoms with Gasteiger partial charge in [-0.25, -0.2) is 13.6 Å². The number of methoxy groups -OCH3 is 2. The maximum absolute atomic E-state index is 14.1. The number of carbonyl (C=O) groups excluding carboxylic acids is 2. The van der Waals surface area contributed by atoms with Gasteiger partial charge in [0, 0.05) is 19.7 Å². The Hall–Kier alpha value is -2.72. The van der Waals surface area contributed by atoms with Crippen molar-refractivity contribution in [1.29, 1.82) is 0 Å². The fourth-order valence-corrected chi connectivity index (χ4v) is 2.90. The summed E-state index contributed by atoms with van der Waals surface area (Å²) in [6.07, 6.45) is -0.407. The second-order valence-corrected chi connectivity index (χ2v) is 6.92. The Kier molecular flexibility index (Phi) is 8.55. The Morgan fingerprint density at radius 3 is 2.43 bits per heavy atom. The smallest absolute Gasteiger partial charge is 0.338 e. The highest BCUT2D eigenvalue weighted by Crippen LogP contribution is 2.35. The normalized spacial score (nSPS) is 10.5. The third kappa shape index (κ3) is 5.90. The van der Waals surface area contributed by atoms with E-state index in [4.69, 9.17) is 14.2 Å². The Morgan fingerprint density at radius 1 is 1.07 bits per heavy atom. The van der Waals surface area contributed by atoms with Crippen LogP contribution in [0.3, 0.4) is 0 Å². The number of amides is 1. The van der Waals surface area contributed by atoms with Crippen molar-refractivity contribution in [3.05, 3.63) is 51.5 Å². The van der Waals surface area contributed by atoms with Crippen LogP contribution < -0.4 is 15.4 Å². The van der Waals surface area contributed by atoms with E-state index in [1.54, 1.807) is 7.05 Å². The molecule has 0 radical (unpaired) electrons. The van der Waals surface area contributed by atoms with Crippen LogP contribution in [0.1, 0.15) is 15.9 Å². The molecule has 7 nitrogen and oxygen atoms in total. The first-order valence-electron chi connectivity index (χ1n) is 8.79. The molecule has 0 aliphatic heterocycles. The molecule has 2 aromatic rings. The van der Waals surface area contributed by atoms with Crippen molar-refractivity contribution in [2.24, 2.45) is 0 Å². The fourth-order valence-electron chi connectivity index (χ4n) is 2.58. The average molecular weight is 487 g/mol. The number of esters is 1. The maximum atomic E-state index is 14.1. The van der Waals surface area contributed by atoms with Crippen LogP contribution in [0.4, 0.5) is 20.2 Å². The van der Waals surface area contributed by atoms with Gasteiger partial charge in [-0.05, 0) is 40.2 Å². The van der Waals surface area contributed by atoms with Gasteiger partial charge in [-0.15, -0.1) is 0 Å². The van der Waals surface area contributed by atoms with Crippen LogP contribution in [0, 0.1) is 11.6 Å². The summed E-state index contributed by atoms with van der Waals surface area (Å²) >= 11 is 2.89. The summed E-state index contributed by atoms with van der Waals surface area (Å²) in [6, 6.07) is 4.80. The third-order valence-electron chi connectivity index (χ3n) is 4.04. The van der Waals surface area contributed by atoms with Crippen molar-refractivity contribution in [2.45, 2.75) is 6.42 Å². The molecule has 0 bridgehead atoms. The minimum Gasteiger partial charge on any atom is -0.489 e. The summed E-state index contributed by atoms with van der Waals surface area (Å²) < 4.78 is 43.1. The van der Waals surface area contributed by atoms with Crippen molar-refractivity contribution in [3.8, 4) is 5.75 Å². The highest BCUT2D eigenvalue weighted by atomic mass is 79.9. The van der Waals surface area contributed by atoms with Gasteiger partial charge in [-0.3, -0.25) is 4.79 Å². The molecular formula is C20H21BrF2N2O5. The summed E-state index contributed by atoms with van der Waals surface area (Å²) in [5.41, 5.74) is 0.714. The molecule has 0 spiro atoms. The SMILES string of the molecule is CNc1cc(C(=O)OC)cc(OCCOC)c1NC(=O)Cc1cc(F)c(Br)cc1F. The highest BCUT2D eigenvalue weighted by Gasteiger charge is 2.19. The van der Waals surface area contributed by atoms with E-state index < -0.39 is 29.9 Å². The lowest BCUT2D eigenvalue weighted by Gasteiger charge is -2.18. The third-order valence-corrected chi connectivity index (χ3v) is 4.65. The Bertz CT molecular complexity index is 940. The van der Waals surface area contributed by atoms with Crippen LogP contribution in [-0.4, -0.2) is 46.4 Å². The van der Waals surface area contributed by atoms with Crippen molar-refractivity contribution in [1.82, 2.24) is 0 Å². The number of benzene rings is 2. The number of halogens is 3. The molecule has 0 aliphatic carbocycles. The van der Waals surface area contributed by atoms with Gasteiger partial charge in [0.25, 0.3) is 0 Å². The van der Waals surface area contributed by atoms with E-state index in [0.29, 0.717) is 5.69 Å². The van der Waals surface area contributed by atoms with Crippen molar-refractivity contribution < 1.29 is 32.6 Å². The standard InChI is InChI=1S/C20H21BrF2N2O5/c1-24-16-7-12(20(27)29-3)8-17(30-5-4-28-2)19(16)25-18(26)9-11-6-15(23)13(21)10-14(11)22/h6-8,10,24H,4-5,9H2,1-3H3,(H,25,26). The number of hydrogen-bond donors (Lipinski definition) is 2. The van der Waals surface area contributed by atoms with E-state index in [-0.39, 0.29) is 40.3 Å². The van der Waals surface area contributed by atoms with E-state index in [2.05, 4.69) is 26.6 Å². The van der Waals surface area contributed by atoms with Crippen molar-refractivity contribution in [2.75, 3.05) is 45.1 Å². The summed E-state index contributed by atoms with van der Waals surface area (Å²) in [6.45, 7) is 0.424. The Balaban J connectivity index is 2.34. The average Bonchev–Trinajstić information content (AvgIpc) is 2.72. The minimum atomic E-state index is -0.718. The van der Waals surface area contributed by atoms with E-state index in [0.717, 1.165) is 12.1 Å². The number of rotatable bonds is 9. The van der Waals surface area contributed by atoms with Gasteiger partial charge in [0.05, 0.1) is 35.9 Å². The lowest BCUT2D eigenvalue weighted by atomic mass is 10.1. The number of nitrogens with one attached hydrogen (secondary N) is 2. The molecule has 0 atom stereocenters. The molecule has 0 saturated carbocycles. The molecule has 2 aromatic carbocycles. The van der Waals surface area contributed by atoms with Crippen molar-refractivity contribution in [3.63, 3.8) is 0 Å². The topological polar surface area (TPSA) is 85.9 Å². The van der Waals surface area contributed by atoms with Gasteiger partial charge in [0.15, 0.2) is 0 Å². The molecule has 1 amide bonds. The molecule has 0 heterocycles. The molecule has 0 aliphatic rings. The second kappa shape index (κ2) is 10.9. The van der Waals surface area contributed by atoms with E-state index in [1.165, 1.54) is 26.4 Å². The lowest BCUT2D eigenvalue weighted by molar-refractivity contribution is -0.115. The van der Waals surface area contributed by atoms with Crippen LogP contribution in [0.15, 0.2) is 28.7 Å². The number of hydrogen-bond acceptors (Lipinski definition) is 6. The second-order valence-electron chi connectivity index (χ2n) is 6.06. The molecule has 162 valence electrons. The lowest BCUT2D eigenvalue weighted by Crippen LogP contribution is -2.18. The largest absolute Gasteiger partial charge is 0.489 e. The zero-order valence-corrected chi connectivity index (χ0v) is 18.2. The fraction of sp³-hybridized carbons (Fsp3) is 0.300. The number of ether oxygens (including phenoxy) is 3. The molecular weight excluding hydrogens is 466 g/mol. The summed E-state index contributed by atoms with van der Waals surface area (Å²) in [5, 5.41) is 5.50. The van der Waals surface area contributed by atoms with Gasteiger partial charge in [-0.1, -0.05) is 0 Å². The first-order chi connectivity index (χ1) is 14.3. The predicted octanol–water partition coefficient (Wildman–Crippen LogP) is 3.76. The van der Waals surface area contributed by atoms with Gasteiger partial charge < -0.3 is 24.8 Å². The molecule has 0 fully saturated rings. The van der Waals surface area contributed by atoms with Crippen LogP contribution in [0.5, 0.6) is 5.75 Å². The summed E-state index contributed by atoms with van der Waals surface area (Å²) in [4.78, 5) is 24.5. The Morgan fingerprint density at radius 2 is 1.80 bits per heavy atom. The minimum absolute atomic E-state index is 0.0335. The van der Waals surface area contributed by atoms with Gasteiger partial charge in [-0.2, -0.15) is 0 Å². The van der Waals surface area contributed by atoms with Crippen LogP contribution in [0.2, 0.25) is 0 Å². The van der Waals surface area contributed by atoms with Gasteiger partial charge in [0.1, 0.15) is 29.7 Å². The first-order valence-corrected chi connectivity index (χ1v) is 9.59. The van der Waals surface area contributed by atoms with Gasteiger partial charge >= 0.3 is 5.97 Å². The summed E-state index contributed by atoms with van der Waals surface area (Å²) in [7, 11) is 4.34. The highest BCUT2D eigenvalue weighted by molar-refractivity contribution is 9.10. The molecule has 0 unspecified atom stereocenters. The van der Waals surface area contributed by atoms with E-state index in [1.807, 2.05) is 0 Å². The Labute approximate surface area is 180 Å².